The van der Waals surface area contributed by atoms with Crippen LogP contribution in [0.25, 0.3) is 97.3 Å². The van der Waals surface area contributed by atoms with Gasteiger partial charge in [0.05, 0.1) is 6.20 Å². The summed E-state index contributed by atoms with van der Waals surface area (Å²) in [7, 11) is 0. The van der Waals surface area contributed by atoms with E-state index in [-0.39, 0.29) is 0 Å². The topological polar surface area (TPSA) is 77.3 Å². The first kappa shape index (κ1) is 50.9. The fourth-order valence-electron chi connectivity index (χ4n) is 9.01. The highest BCUT2D eigenvalue weighted by Crippen LogP contribution is 2.30. The highest BCUT2D eigenvalue weighted by Gasteiger charge is 2.11. The molecular formula is C72H54N6. The summed E-state index contributed by atoms with van der Waals surface area (Å²) < 4.78 is 0. The van der Waals surface area contributed by atoms with Crippen LogP contribution >= 0.6 is 0 Å². The predicted molar refractivity (Wildman–Crippen MR) is 329 cm³/mol. The van der Waals surface area contributed by atoms with Gasteiger partial charge in [0.1, 0.15) is 16.6 Å². The van der Waals surface area contributed by atoms with Crippen LogP contribution in [-0.2, 0) is 0 Å². The molecule has 0 amide bonds. The molecule has 0 radical (unpaired) electrons. The third kappa shape index (κ3) is 13.4. The molecule has 372 valence electrons. The average Bonchev–Trinajstić information content (AvgIpc) is 3.68. The molecule has 14 aromatic carbocycles. The number of rotatable bonds is 0. The van der Waals surface area contributed by atoms with Crippen LogP contribution < -0.4 is 0 Å². The number of aromatic nitrogens is 6. The second-order valence-electron chi connectivity index (χ2n) is 18.0. The van der Waals surface area contributed by atoms with Crippen LogP contribution in [0.2, 0.25) is 0 Å². The zero-order chi connectivity index (χ0) is 52.8. The van der Waals surface area contributed by atoms with Gasteiger partial charge < -0.3 is 0 Å². The Morgan fingerprint density at radius 3 is 0.577 bits per heavy atom. The molecule has 16 rings (SSSR count). The molecule has 0 aliphatic carbocycles. The third-order valence-corrected chi connectivity index (χ3v) is 12.9. The molecule has 0 aliphatic heterocycles. The Bertz CT molecular complexity index is 3340. The predicted octanol–water partition coefficient (Wildman–Crippen LogP) is 18.6. The van der Waals surface area contributed by atoms with Crippen molar-refractivity contribution in [3.05, 3.63) is 328 Å². The second kappa shape index (κ2) is 26.6. The highest BCUT2D eigenvalue weighted by molar-refractivity contribution is 6.21. The molecular weight excluding hydrogens is 949 g/mol. The van der Waals surface area contributed by atoms with E-state index >= 15 is 0 Å². The lowest BCUT2D eigenvalue weighted by Gasteiger charge is -2.04. The van der Waals surface area contributed by atoms with Crippen molar-refractivity contribution in [1.29, 1.82) is 0 Å². The fraction of sp³-hybridized carbons (Fsp3) is 0. The minimum Gasteiger partial charge on any atom is -0.158 e. The van der Waals surface area contributed by atoms with Crippen LogP contribution in [0.5, 0.6) is 0 Å². The summed E-state index contributed by atoms with van der Waals surface area (Å²) in [5.41, 5.74) is 2.04. The Labute approximate surface area is 453 Å². The van der Waals surface area contributed by atoms with Crippen LogP contribution in [0.4, 0.5) is 0 Å². The van der Waals surface area contributed by atoms with E-state index in [1.54, 1.807) is 6.20 Å². The molecule has 2 aromatic heterocycles. The number of hydrogen-bond acceptors (Lipinski definition) is 6. The lowest BCUT2D eigenvalue weighted by Crippen LogP contribution is -1.96. The van der Waals surface area contributed by atoms with E-state index in [9.17, 15) is 0 Å². The molecule has 0 fully saturated rings. The van der Waals surface area contributed by atoms with Gasteiger partial charge >= 0.3 is 0 Å². The summed E-state index contributed by atoms with van der Waals surface area (Å²) in [6.07, 6.45) is 1.67. The Morgan fingerprint density at radius 1 is 0.154 bits per heavy atom. The molecule has 0 bridgehead atoms. The van der Waals surface area contributed by atoms with E-state index in [1.807, 2.05) is 30.3 Å². The van der Waals surface area contributed by atoms with Gasteiger partial charge in [0.2, 0.25) is 0 Å². The van der Waals surface area contributed by atoms with Crippen molar-refractivity contribution in [3.63, 3.8) is 0 Å². The summed E-state index contributed by atoms with van der Waals surface area (Å²) in [4.78, 5) is 0. The van der Waals surface area contributed by atoms with Crippen molar-refractivity contribution >= 4 is 97.3 Å². The maximum absolute atomic E-state index is 4.14. The lowest BCUT2D eigenvalue weighted by molar-refractivity contribution is 0.799. The molecule has 16 aromatic rings. The molecule has 0 aliphatic rings. The SMILES string of the molecule is c1ccc2c(c1)c1ccnnc1c1nnnnc21.c1ccc2ccccc2c1.c1ccc2ccccc2c1.c1ccc2ccccc2c1.c1ccc2ccccc2c1.c1ccc2ccccc2c1.c1ccc2ccccc2c1. The van der Waals surface area contributed by atoms with Crippen LogP contribution in [0.1, 0.15) is 0 Å². The first-order chi connectivity index (χ1) is 38.7. The minimum atomic E-state index is 0.631. The van der Waals surface area contributed by atoms with E-state index in [4.69, 9.17) is 0 Å². The highest BCUT2D eigenvalue weighted by atomic mass is 15.4. The van der Waals surface area contributed by atoms with Crippen LogP contribution in [0.15, 0.2) is 328 Å². The summed E-state index contributed by atoms with van der Waals surface area (Å²) in [6, 6.07) is 110. The fourth-order valence-corrected chi connectivity index (χ4v) is 9.01. The van der Waals surface area contributed by atoms with E-state index in [2.05, 4.69) is 322 Å². The van der Waals surface area contributed by atoms with Gasteiger partial charge in [-0.1, -0.05) is 315 Å². The number of hydrogen-bond donors (Lipinski definition) is 0. The van der Waals surface area contributed by atoms with E-state index in [0.717, 1.165) is 16.2 Å². The van der Waals surface area contributed by atoms with Crippen molar-refractivity contribution in [2.24, 2.45) is 0 Å². The first-order valence-corrected chi connectivity index (χ1v) is 25.9. The van der Waals surface area contributed by atoms with Gasteiger partial charge in [-0.2, -0.15) is 5.10 Å². The van der Waals surface area contributed by atoms with Gasteiger partial charge in [-0.25, -0.2) is 0 Å². The van der Waals surface area contributed by atoms with Crippen molar-refractivity contribution in [1.82, 2.24) is 30.8 Å². The Balaban J connectivity index is 0.000000104. The van der Waals surface area contributed by atoms with Crippen molar-refractivity contribution in [2.45, 2.75) is 0 Å². The molecule has 78 heavy (non-hydrogen) atoms. The number of benzene rings is 14. The van der Waals surface area contributed by atoms with Gasteiger partial charge in [-0.05, 0) is 86.5 Å². The van der Waals surface area contributed by atoms with E-state index in [1.165, 1.54) is 64.6 Å². The molecule has 6 heteroatoms. The summed E-state index contributed by atoms with van der Waals surface area (Å²) in [6.45, 7) is 0. The van der Waals surface area contributed by atoms with Gasteiger partial charge in [0, 0.05) is 10.8 Å². The Hall–Kier alpha value is -10.6. The lowest BCUT2D eigenvalue weighted by atomic mass is 10.0. The monoisotopic (exact) mass is 1000 g/mol. The second-order valence-corrected chi connectivity index (χ2v) is 18.0. The van der Waals surface area contributed by atoms with Crippen LogP contribution in [-0.4, -0.2) is 30.8 Å². The maximum atomic E-state index is 4.14. The molecule has 2 heterocycles. The quantitative estimate of drug-likeness (QED) is 0.141. The third-order valence-electron chi connectivity index (χ3n) is 12.9. The van der Waals surface area contributed by atoms with Crippen LogP contribution in [0.3, 0.4) is 0 Å². The standard InChI is InChI=1S/C12H6N6.6C10H8/c1-2-4-8-7(3-1)9-5-6-13-14-10(9)12-11(8)15-17-18-16-12;6*1-2-6-10-8-4-3-7-9(10)5-1/h1-6H;6*1-8H. The largest absolute Gasteiger partial charge is 0.158 e. The normalized spacial score (nSPS) is 10.3. The first-order valence-electron chi connectivity index (χ1n) is 25.9. The molecule has 0 spiro atoms. The molecule has 0 saturated heterocycles. The van der Waals surface area contributed by atoms with E-state index < -0.39 is 0 Å². The zero-order valence-corrected chi connectivity index (χ0v) is 42.9. The van der Waals surface area contributed by atoms with Gasteiger partial charge in [0.25, 0.3) is 0 Å². The van der Waals surface area contributed by atoms with Crippen LogP contribution in [0, 0.1) is 0 Å². The maximum Gasteiger partial charge on any atom is 0.144 e. The molecule has 6 nitrogen and oxygen atoms in total. The minimum absolute atomic E-state index is 0.631. The molecule has 0 atom stereocenters. The summed E-state index contributed by atoms with van der Waals surface area (Å²) in [5, 5.41) is 42.1. The average molecular weight is 1000 g/mol. The Kier molecular flexibility index (Phi) is 17.4. The molecule has 0 saturated carbocycles. The number of nitrogens with zero attached hydrogens (tertiary/aromatic N) is 6. The van der Waals surface area contributed by atoms with Gasteiger partial charge in [-0.15, -0.1) is 15.3 Å². The zero-order valence-electron chi connectivity index (χ0n) is 42.9. The summed E-state index contributed by atoms with van der Waals surface area (Å²) >= 11 is 0. The Morgan fingerprint density at radius 2 is 0.333 bits per heavy atom. The smallest absolute Gasteiger partial charge is 0.144 e. The van der Waals surface area contributed by atoms with Gasteiger partial charge in [-0.3, -0.25) is 0 Å². The number of fused-ring (bicyclic) bond motifs is 12. The van der Waals surface area contributed by atoms with Crippen molar-refractivity contribution < 1.29 is 0 Å². The van der Waals surface area contributed by atoms with Gasteiger partial charge in [0.15, 0.2) is 0 Å². The molecule has 0 unspecified atom stereocenters. The molecule has 0 N–H and O–H groups in total. The van der Waals surface area contributed by atoms with Crippen molar-refractivity contribution in [3.8, 4) is 0 Å². The van der Waals surface area contributed by atoms with E-state index in [0.29, 0.717) is 16.6 Å². The summed E-state index contributed by atoms with van der Waals surface area (Å²) in [5.74, 6) is 0. The van der Waals surface area contributed by atoms with Crippen molar-refractivity contribution in [2.75, 3.05) is 0 Å².